The Bertz CT molecular complexity index is 727. The Morgan fingerprint density at radius 3 is 2.92 bits per heavy atom. The maximum Gasteiger partial charge on any atom is 0.226 e. The highest BCUT2D eigenvalue weighted by Gasteiger charge is 2.32. The van der Waals surface area contributed by atoms with E-state index in [1.54, 1.807) is 23.7 Å². The van der Waals surface area contributed by atoms with Gasteiger partial charge in [-0.05, 0) is 50.2 Å². The molecule has 5 heteroatoms. The number of amides is 1. The van der Waals surface area contributed by atoms with Crippen LogP contribution in [0.15, 0.2) is 24.5 Å². The summed E-state index contributed by atoms with van der Waals surface area (Å²) in [6.45, 7) is 4.13. The maximum atomic E-state index is 12.9. The Hall–Kier alpha value is -1.75. The van der Waals surface area contributed by atoms with Gasteiger partial charge in [-0.1, -0.05) is 6.92 Å². The van der Waals surface area contributed by atoms with Crippen LogP contribution in [0.2, 0.25) is 0 Å². The van der Waals surface area contributed by atoms with Crippen molar-refractivity contribution in [2.24, 2.45) is 11.8 Å². The normalized spacial score (nSPS) is 23.8. The Morgan fingerprint density at radius 1 is 1.29 bits per heavy atom. The van der Waals surface area contributed by atoms with Gasteiger partial charge >= 0.3 is 0 Å². The fraction of sp³-hybridized carbons (Fsp3) is 0.526. The third-order valence-electron chi connectivity index (χ3n) is 5.18. The first-order chi connectivity index (χ1) is 11.7. The SMILES string of the molecule is CC1CCCN(C(=O)C2CCc3nc(-c4ccncc4)sc3C2)C1. The first kappa shape index (κ1) is 15.8. The standard InChI is InChI=1S/C19H23N3OS/c1-13-3-2-10-22(12-13)19(23)15-4-5-16-17(11-15)24-18(21-16)14-6-8-20-9-7-14/h6-9,13,15H,2-5,10-12H2,1H3. The number of fused-ring (bicyclic) bond motifs is 1. The number of piperidine rings is 1. The molecule has 0 aromatic carbocycles. The summed E-state index contributed by atoms with van der Waals surface area (Å²) < 4.78 is 0. The van der Waals surface area contributed by atoms with E-state index in [0.29, 0.717) is 11.8 Å². The number of hydrogen-bond donors (Lipinski definition) is 0. The van der Waals surface area contributed by atoms with Crippen LogP contribution >= 0.6 is 11.3 Å². The highest BCUT2D eigenvalue weighted by Crippen LogP contribution is 2.35. The van der Waals surface area contributed by atoms with Crippen molar-refractivity contribution in [3.8, 4) is 10.6 Å². The van der Waals surface area contributed by atoms with Crippen molar-refractivity contribution in [2.45, 2.75) is 39.0 Å². The fourth-order valence-electron chi connectivity index (χ4n) is 3.85. The summed E-state index contributed by atoms with van der Waals surface area (Å²) in [5.41, 5.74) is 2.32. The first-order valence-corrected chi connectivity index (χ1v) is 9.70. The molecule has 1 amide bonds. The Morgan fingerprint density at radius 2 is 2.12 bits per heavy atom. The highest BCUT2D eigenvalue weighted by atomic mass is 32.1. The van der Waals surface area contributed by atoms with E-state index in [1.807, 2.05) is 12.1 Å². The third kappa shape index (κ3) is 3.09. The topological polar surface area (TPSA) is 46.1 Å². The van der Waals surface area contributed by atoms with Crippen LogP contribution in [0.4, 0.5) is 0 Å². The molecule has 0 spiro atoms. The molecular weight excluding hydrogens is 318 g/mol. The maximum absolute atomic E-state index is 12.9. The zero-order valence-electron chi connectivity index (χ0n) is 14.1. The lowest BCUT2D eigenvalue weighted by Crippen LogP contribution is -2.43. The number of aryl methyl sites for hydroxylation is 1. The molecule has 0 saturated carbocycles. The van der Waals surface area contributed by atoms with Crippen molar-refractivity contribution in [2.75, 3.05) is 13.1 Å². The molecule has 3 heterocycles. The number of carbonyl (C=O) groups excluding carboxylic acids is 1. The van der Waals surface area contributed by atoms with E-state index >= 15 is 0 Å². The van der Waals surface area contributed by atoms with Gasteiger partial charge in [0, 0.05) is 41.8 Å². The molecule has 2 aromatic rings. The predicted molar refractivity (Wildman–Crippen MR) is 95.8 cm³/mol. The van der Waals surface area contributed by atoms with Crippen LogP contribution in [0, 0.1) is 11.8 Å². The van der Waals surface area contributed by atoms with Gasteiger partial charge < -0.3 is 4.90 Å². The number of thiazole rings is 1. The van der Waals surface area contributed by atoms with E-state index in [4.69, 9.17) is 4.98 Å². The van der Waals surface area contributed by atoms with Crippen LogP contribution < -0.4 is 0 Å². The van der Waals surface area contributed by atoms with Crippen LogP contribution in [0.25, 0.3) is 10.6 Å². The molecule has 1 saturated heterocycles. The van der Waals surface area contributed by atoms with Gasteiger partial charge in [0.25, 0.3) is 0 Å². The van der Waals surface area contributed by atoms with Gasteiger partial charge in [-0.2, -0.15) is 0 Å². The number of carbonyl (C=O) groups is 1. The van der Waals surface area contributed by atoms with E-state index in [1.165, 1.54) is 17.0 Å². The summed E-state index contributed by atoms with van der Waals surface area (Å²) >= 11 is 1.75. The summed E-state index contributed by atoms with van der Waals surface area (Å²) in [5.74, 6) is 1.16. The first-order valence-electron chi connectivity index (χ1n) is 8.88. The van der Waals surface area contributed by atoms with Gasteiger partial charge in [-0.25, -0.2) is 4.98 Å². The van der Waals surface area contributed by atoms with Crippen molar-refractivity contribution in [1.82, 2.24) is 14.9 Å². The largest absolute Gasteiger partial charge is 0.342 e. The number of aromatic nitrogens is 2. The van der Waals surface area contributed by atoms with Gasteiger partial charge in [0.05, 0.1) is 5.69 Å². The van der Waals surface area contributed by atoms with Crippen molar-refractivity contribution < 1.29 is 4.79 Å². The molecule has 2 aliphatic rings. The average Bonchev–Trinajstić information content (AvgIpc) is 3.05. The molecule has 2 aromatic heterocycles. The highest BCUT2D eigenvalue weighted by molar-refractivity contribution is 7.15. The molecule has 0 N–H and O–H groups in total. The summed E-state index contributed by atoms with van der Waals surface area (Å²) in [5, 5.41) is 1.06. The van der Waals surface area contributed by atoms with Crippen LogP contribution in [0.5, 0.6) is 0 Å². The van der Waals surface area contributed by atoms with Gasteiger partial charge in [-0.15, -0.1) is 11.3 Å². The lowest BCUT2D eigenvalue weighted by molar-refractivity contribution is -0.137. The van der Waals surface area contributed by atoms with Gasteiger partial charge in [0.15, 0.2) is 0 Å². The Balaban J connectivity index is 1.49. The van der Waals surface area contributed by atoms with Crippen molar-refractivity contribution >= 4 is 17.2 Å². The van der Waals surface area contributed by atoms with E-state index < -0.39 is 0 Å². The quantitative estimate of drug-likeness (QED) is 0.839. The molecule has 0 radical (unpaired) electrons. The fourth-order valence-corrected chi connectivity index (χ4v) is 5.04. The van der Waals surface area contributed by atoms with Crippen molar-refractivity contribution in [3.05, 3.63) is 35.1 Å². The van der Waals surface area contributed by atoms with Crippen molar-refractivity contribution in [1.29, 1.82) is 0 Å². The number of hydrogen-bond acceptors (Lipinski definition) is 4. The minimum Gasteiger partial charge on any atom is -0.342 e. The monoisotopic (exact) mass is 341 g/mol. The van der Waals surface area contributed by atoms with Crippen molar-refractivity contribution in [3.63, 3.8) is 0 Å². The summed E-state index contributed by atoms with van der Waals surface area (Å²) in [6.07, 6.45) is 8.74. The van der Waals surface area contributed by atoms with Crippen LogP contribution in [-0.2, 0) is 17.6 Å². The van der Waals surface area contributed by atoms with Crippen LogP contribution in [-0.4, -0.2) is 33.9 Å². The number of pyridine rings is 1. The second kappa shape index (κ2) is 6.63. The lowest BCUT2D eigenvalue weighted by Gasteiger charge is -2.34. The van der Waals surface area contributed by atoms with E-state index in [9.17, 15) is 4.79 Å². The zero-order chi connectivity index (χ0) is 16.5. The smallest absolute Gasteiger partial charge is 0.226 e. The molecule has 24 heavy (non-hydrogen) atoms. The Kier molecular flexibility index (Phi) is 4.35. The molecule has 1 aliphatic carbocycles. The van der Waals surface area contributed by atoms with E-state index in [2.05, 4.69) is 16.8 Å². The van der Waals surface area contributed by atoms with Crippen LogP contribution in [0.1, 0.15) is 36.8 Å². The number of rotatable bonds is 2. The zero-order valence-corrected chi connectivity index (χ0v) is 14.9. The summed E-state index contributed by atoms with van der Waals surface area (Å²) in [4.78, 5) is 25.2. The van der Waals surface area contributed by atoms with Gasteiger partial charge in [0.2, 0.25) is 5.91 Å². The molecule has 2 atom stereocenters. The average molecular weight is 341 g/mol. The predicted octanol–water partition coefficient (Wildman–Crippen LogP) is 3.57. The molecule has 2 unspecified atom stereocenters. The van der Waals surface area contributed by atoms with Crippen LogP contribution in [0.3, 0.4) is 0 Å². The molecule has 126 valence electrons. The molecular formula is C19H23N3OS. The minimum atomic E-state index is 0.147. The lowest BCUT2D eigenvalue weighted by atomic mass is 9.89. The summed E-state index contributed by atoms with van der Waals surface area (Å²) in [7, 11) is 0. The van der Waals surface area contributed by atoms with Gasteiger partial charge in [-0.3, -0.25) is 9.78 Å². The number of nitrogens with zero attached hydrogens (tertiary/aromatic N) is 3. The van der Waals surface area contributed by atoms with Gasteiger partial charge in [0.1, 0.15) is 5.01 Å². The molecule has 4 nitrogen and oxygen atoms in total. The van der Waals surface area contributed by atoms with E-state index in [-0.39, 0.29) is 5.92 Å². The summed E-state index contributed by atoms with van der Waals surface area (Å²) in [6, 6.07) is 4.00. The second-order valence-corrected chi connectivity index (χ2v) is 8.18. The molecule has 4 rings (SSSR count). The molecule has 1 fully saturated rings. The molecule has 1 aliphatic heterocycles. The molecule has 0 bridgehead atoms. The Labute approximate surface area is 146 Å². The third-order valence-corrected chi connectivity index (χ3v) is 6.35. The second-order valence-electron chi connectivity index (χ2n) is 7.10. The number of likely N-dealkylation sites (tertiary alicyclic amines) is 1. The van der Waals surface area contributed by atoms with E-state index in [0.717, 1.165) is 49.3 Å². The minimum absolute atomic E-state index is 0.147.